The van der Waals surface area contributed by atoms with E-state index >= 15 is 0 Å². The van der Waals surface area contributed by atoms with Crippen molar-refractivity contribution in [3.05, 3.63) is 0 Å². The van der Waals surface area contributed by atoms with Gasteiger partial charge in [-0.15, -0.1) is 0 Å². The maximum atomic E-state index is 12.1. The maximum Gasteiger partial charge on any atom is 0.226 e. The number of ether oxygens (including phenoxy) is 1. The highest BCUT2D eigenvalue weighted by atomic mass is 32.2. The lowest BCUT2D eigenvalue weighted by Crippen LogP contribution is -2.46. The molecule has 0 bridgehead atoms. The van der Waals surface area contributed by atoms with Crippen LogP contribution in [0.3, 0.4) is 0 Å². The second-order valence-corrected chi connectivity index (χ2v) is 5.63. The summed E-state index contributed by atoms with van der Waals surface area (Å²) >= 11 is 1.88. The van der Waals surface area contributed by atoms with Gasteiger partial charge in [0.05, 0.1) is 12.7 Å². The first-order valence-electron chi connectivity index (χ1n) is 5.92. The third-order valence-corrected chi connectivity index (χ3v) is 4.30. The Bertz CT molecular complexity index is 238. The number of nitrogens with one attached hydrogen (secondary N) is 1. The number of carbonyl (C=O) groups is 1. The number of nitrogens with zero attached hydrogens (tertiary/aromatic N) is 1. The molecule has 2 fully saturated rings. The second-order valence-electron chi connectivity index (χ2n) is 4.48. The lowest BCUT2D eigenvalue weighted by atomic mass is 10.1. The van der Waals surface area contributed by atoms with Crippen LogP contribution in [-0.2, 0) is 9.53 Å². The lowest BCUT2D eigenvalue weighted by Gasteiger charge is -2.29. The molecule has 2 unspecified atom stereocenters. The molecule has 0 saturated carbocycles. The molecule has 0 spiro atoms. The van der Waals surface area contributed by atoms with Crippen LogP contribution in [0.4, 0.5) is 0 Å². The fourth-order valence-corrected chi connectivity index (χ4v) is 3.38. The van der Waals surface area contributed by atoms with E-state index in [4.69, 9.17) is 4.74 Å². The van der Waals surface area contributed by atoms with Gasteiger partial charge in [-0.2, -0.15) is 11.8 Å². The van der Waals surface area contributed by atoms with Crippen molar-refractivity contribution >= 4 is 17.7 Å². The summed E-state index contributed by atoms with van der Waals surface area (Å²) in [7, 11) is 1.89. The largest absolute Gasteiger partial charge is 0.374 e. The average molecular weight is 244 g/mol. The summed E-state index contributed by atoms with van der Waals surface area (Å²) in [4.78, 5) is 13.9. The number of carbonyl (C=O) groups excluding carboxylic acids is 1. The van der Waals surface area contributed by atoms with Gasteiger partial charge in [-0.25, -0.2) is 0 Å². The molecular weight excluding hydrogens is 224 g/mol. The van der Waals surface area contributed by atoms with E-state index in [9.17, 15) is 4.79 Å². The number of hydrogen-bond donors (Lipinski definition) is 1. The summed E-state index contributed by atoms with van der Waals surface area (Å²) in [6, 6.07) is 0. The Labute approximate surface area is 101 Å². The summed E-state index contributed by atoms with van der Waals surface area (Å²) in [6.45, 7) is 3.25. The highest BCUT2D eigenvalue weighted by Gasteiger charge is 2.27. The number of hydrogen-bond acceptors (Lipinski definition) is 4. The molecule has 4 nitrogen and oxygen atoms in total. The van der Waals surface area contributed by atoms with Crippen LogP contribution in [0.25, 0.3) is 0 Å². The van der Waals surface area contributed by atoms with Gasteiger partial charge in [-0.1, -0.05) is 0 Å². The summed E-state index contributed by atoms with van der Waals surface area (Å²) in [5, 5.41) is 3.28. The molecule has 0 aromatic heterocycles. The van der Waals surface area contributed by atoms with Gasteiger partial charge in [0.15, 0.2) is 0 Å². The number of rotatable bonds is 3. The Kier molecular flexibility index (Phi) is 4.49. The number of morpholine rings is 1. The number of amides is 1. The van der Waals surface area contributed by atoms with E-state index in [1.807, 2.05) is 23.7 Å². The van der Waals surface area contributed by atoms with Crippen molar-refractivity contribution in [2.24, 2.45) is 5.92 Å². The minimum Gasteiger partial charge on any atom is -0.374 e. The van der Waals surface area contributed by atoms with E-state index in [0.29, 0.717) is 12.5 Å². The third-order valence-electron chi connectivity index (χ3n) is 3.14. The second kappa shape index (κ2) is 5.89. The fraction of sp³-hybridized carbons (Fsp3) is 0.909. The zero-order valence-electron chi connectivity index (χ0n) is 9.78. The lowest BCUT2D eigenvalue weighted by molar-refractivity contribution is -0.135. The molecule has 2 heterocycles. The molecule has 1 N–H and O–H groups in total. The van der Waals surface area contributed by atoms with Crippen LogP contribution in [0.5, 0.6) is 0 Å². The molecule has 1 amide bonds. The Hall–Kier alpha value is -0.260. The predicted octanol–water partition coefficient (Wildman–Crippen LogP) is 0.186. The topological polar surface area (TPSA) is 41.6 Å². The van der Waals surface area contributed by atoms with E-state index in [1.54, 1.807) is 0 Å². The first-order valence-corrected chi connectivity index (χ1v) is 7.08. The van der Waals surface area contributed by atoms with Crippen LogP contribution in [0.15, 0.2) is 0 Å². The van der Waals surface area contributed by atoms with Crippen molar-refractivity contribution in [1.29, 1.82) is 0 Å². The molecule has 2 aliphatic rings. The van der Waals surface area contributed by atoms with Crippen molar-refractivity contribution in [1.82, 2.24) is 10.2 Å². The average Bonchev–Trinajstić information content (AvgIpc) is 2.83. The van der Waals surface area contributed by atoms with Crippen LogP contribution in [0.2, 0.25) is 0 Å². The van der Waals surface area contributed by atoms with Crippen LogP contribution < -0.4 is 5.32 Å². The van der Waals surface area contributed by atoms with Gasteiger partial charge in [-0.3, -0.25) is 4.79 Å². The highest BCUT2D eigenvalue weighted by Crippen LogP contribution is 2.24. The molecule has 0 aromatic rings. The molecule has 2 saturated heterocycles. The van der Waals surface area contributed by atoms with Crippen molar-refractivity contribution in [3.8, 4) is 0 Å². The van der Waals surface area contributed by atoms with Crippen molar-refractivity contribution < 1.29 is 9.53 Å². The highest BCUT2D eigenvalue weighted by molar-refractivity contribution is 7.99. The molecular formula is C11H20N2O2S. The monoisotopic (exact) mass is 244 g/mol. The van der Waals surface area contributed by atoms with Crippen LogP contribution >= 0.6 is 11.8 Å². The van der Waals surface area contributed by atoms with Crippen molar-refractivity contribution in [2.75, 3.05) is 44.8 Å². The van der Waals surface area contributed by atoms with Gasteiger partial charge in [0.2, 0.25) is 5.91 Å². The predicted molar refractivity (Wildman–Crippen MR) is 65.7 cm³/mol. The number of likely N-dealkylation sites (N-methyl/N-ethyl adjacent to an activating group) is 1. The van der Waals surface area contributed by atoms with E-state index in [1.165, 1.54) is 0 Å². The smallest absolute Gasteiger partial charge is 0.226 e. The van der Waals surface area contributed by atoms with Crippen LogP contribution in [0, 0.1) is 5.92 Å². The Morgan fingerprint density at radius 2 is 2.50 bits per heavy atom. The summed E-state index contributed by atoms with van der Waals surface area (Å²) < 4.78 is 5.60. The minimum atomic E-state index is 0.164. The molecule has 16 heavy (non-hydrogen) atoms. The summed E-state index contributed by atoms with van der Waals surface area (Å²) in [5.74, 6) is 2.66. The first kappa shape index (κ1) is 12.2. The maximum absolute atomic E-state index is 12.1. The van der Waals surface area contributed by atoms with Crippen molar-refractivity contribution in [3.63, 3.8) is 0 Å². The third kappa shape index (κ3) is 3.12. The van der Waals surface area contributed by atoms with Gasteiger partial charge < -0.3 is 15.0 Å². The van der Waals surface area contributed by atoms with Gasteiger partial charge in [0, 0.05) is 38.4 Å². The van der Waals surface area contributed by atoms with Gasteiger partial charge in [-0.05, 0) is 12.2 Å². The fourth-order valence-electron chi connectivity index (χ4n) is 2.17. The molecule has 0 aliphatic carbocycles. The normalized spacial score (nSPS) is 30.3. The molecule has 2 atom stereocenters. The Balaban J connectivity index is 1.77. The molecule has 2 rings (SSSR count). The van der Waals surface area contributed by atoms with E-state index in [-0.39, 0.29) is 12.0 Å². The summed E-state index contributed by atoms with van der Waals surface area (Å²) in [5.41, 5.74) is 0. The van der Waals surface area contributed by atoms with Gasteiger partial charge in [0.1, 0.15) is 0 Å². The van der Waals surface area contributed by atoms with Crippen LogP contribution in [0.1, 0.15) is 6.42 Å². The zero-order chi connectivity index (χ0) is 11.4. The van der Waals surface area contributed by atoms with E-state index < -0.39 is 0 Å². The van der Waals surface area contributed by atoms with E-state index in [0.717, 1.165) is 37.6 Å². The van der Waals surface area contributed by atoms with Gasteiger partial charge >= 0.3 is 0 Å². The van der Waals surface area contributed by atoms with Crippen LogP contribution in [-0.4, -0.2) is 61.7 Å². The Morgan fingerprint density at radius 1 is 1.62 bits per heavy atom. The standard InChI is InChI=1S/C11H20N2O2S/c1-13(7-10-6-12-3-4-15-10)11(14)9-2-5-16-8-9/h9-10,12H,2-8H2,1H3. The van der Waals surface area contributed by atoms with E-state index in [2.05, 4.69) is 5.32 Å². The first-order chi connectivity index (χ1) is 7.77. The molecule has 92 valence electrons. The molecule has 0 radical (unpaired) electrons. The molecule has 0 aromatic carbocycles. The van der Waals surface area contributed by atoms with Crippen molar-refractivity contribution in [2.45, 2.75) is 12.5 Å². The molecule has 5 heteroatoms. The van der Waals surface area contributed by atoms with Gasteiger partial charge in [0.25, 0.3) is 0 Å². The Morgan fingerprint density at radius 3 is 3.12 bits per heavy atom. The zero-order valence-corrected chi connectivity index (χ0v) is 10.6. The quantitative estimate of drug-likeness (QED) is 0.769. The number of thioether (sulfide) groups is 1. The SMILES string of the molecule is CN(CC1CNCCO1)C(=O)C1CCSC1. The minimum absolute atomic E-state index is 0.164. The summed E-state index contributed by atoms with van der Waals surface area (Å²) in [6.07, 6.45) is 1.20. The molecule has 2 aliphatic heterocycles.